The molecule has 1 aromatic rings. The lowest BCUT2D eigenvalue weighted by Crippen LogP contribution is -2.40. The van der Waals surface area contributed by atoms with Gasteiger partial charge in [0.05, 0.1) is 9.35 Å². The van der Waals surface area contributed by atoms with Crippen LogP contribution in [0.3, 0.4) is 0 Å². The van der Waals surface area contributed by atoms with Crippen LogP contribution in [0.25, 0.3) is 0 Å². The fraction of sp³-hybridized carbons (Fsp3) is 0.583. The molecule has 1 fully saturated rings. The monoisotopic (exact) mass is 316 g/mol. The molecule has 1 aliphatic rings. The van der Waals surface area contributed by atoms with Crippen molar-refractivity contribution >= 4 is 33.2 Å². The van der Waals surface area contributed by atoms with Crippen LogP contribution in [0.15, 0.2) is 15.2 Å². The van der Waals surface area contributed by atoms with Crippen molar-refractivity contribution in [3.8, 4) is 0 Å². The number of carbonyl (C=O) groups is 1. The molecule has 1 amide bonds. The maximum absolute atomic E-state index is 11.8. The Morgan fingerprint density at radius 1 is 1.59 bits per heavy atom. The van der Waals surface area contributed by atoms with Crippen molar-refractivity contribution in [1.82, 2.24) is 10.2 Å². The zero-order valence-corrected chi connectivity index (χ0v) is 12.3. The Morgan fingerprint density at radius 3 is 2.88 bits per heavy atom. The van der Waals surface area contributed by atoms with E-state index in [1.165, 1.54) is 37.3 Å². The van der Waals surface area contributed by atoms with Gasteiger partial charge in [0.2, 0.25) is 0 Å². The standard InChI is InChI=1S/C12H17BrN2OS/c1-9(15-4-2-3-5-15)7-14-12(16)10-6-11(13)17-8-10/h6,8-9H,2-5,7H2,1H3,(H,14,16). The van der Waals surface area contributed by atoms with Crippen molar-refractivity contribution in [1.29, 1.82) is 0 Å². The highest BCUT2D eigenvalue weighted by Crippen LogP contribution is 2.20. The highest BCUT2D eigenvalue weighted by Gasteiger charge is 2.18. The highest BCUT2D eigenvalue weighted by atomic mass is 79.9. The quantitative estimate of drug-likeness (QED) is 0.926. The second-order valence-electron chi connectivity index (χ2n) is 4.44. The van der Waals surface area contributed by atoms with Gasteiger partial charge in [-0.15, -0.1) is 11.3 Å². The molecule has 0 aromatic carbocycles. The highest BCUT2D eigenvalue weighted by molar-refractivity contribution is 9.11. The van der Waals surface area contributed by atoms with E-state index in [2.05, 4.69) is 33.1 Å². The molecule has 0 saturated carbocycles. The van der Waals surface area contributed by atoms with E-state index < -0.39 is 0 Å². The number of amides is 1. The summed E-state index contributed by atoms with van der Waals surface area (Å²) in [6, 6.07) is 2.30. The lowest BCUT2D eigenvalue weighted by atomic mass is 10.2. The molecule has 2 rings (SSSR count). The lowest BCUT2D eigenvalue weighted by molar-refractivity contribution is 0.0941. The summed E-state index contributed by atoms with van der Waals surface area (Å²) in [5, 5.41) is 4.87. The molecular weight excluding hydrogens is 300 g/mol. The van der Waals surface area contributed by atoms with E-state index in [0.29, 0.717) is 6.04 Å². The first kappa shape index (κ1) is 13.1. The second kappa shape index (κ2) is 5.98. The van der Waals surface area contributed by atoms with E-state index in [0.717, 1.165) is 15.9 Å². The molecule has 94 valence electrons. The Kier molecular flexibility index (Phi) is 4.59. The van der Waals surface area contributed by atoms with Crippen LogP contribution in [0.5, 0.6) is 0 Å². The summed E-state index contributed by atoms with van der Waals surface area (Å²) in [6.45, 7) is 5.24. The molecule has 0 radical (unpaired) electrons. The number of carbonyl (C=O) groups excluding carboxylic acids is 1. The predicted octanol–water partition coefficient (Wildman–Crippen LogP) is 2.72. The Bertz CT molecular complexity index is 388. The third kappa shape index (κ3) is 3.53. The Hall–Kier alpha value is -0.390. The van der Waals surface area contributed by atoms with E-state index in [1.807, 2.05) is 11.4 Å². The number of rotatable bonds is 4. The molecule has 0 spiro atoms. The maximum atomic E-state index is 11.8. The van der Waals surface area contributed by atoms with Crippen molar-refractivity contribution in [2.45, 2.75) is 25.8 Å². The molecule has 1 N–H and O–H groups in total. The van der Waals surface area contributed by atoms with Crippen molar-refractivity contribution in [2.24, 2.45) is 0 Å². The summed E-state index contributed by atoms with van der Waals surface area (Å²) in [7, 11) is 0. The largest absolute Gasteiger partial charge is 0.350 e. The molecular formula is C12H17BrN2OS. The SMILES string of the molecule is CC(CNC(=O)c1csc(Br)c1)N1CCCC1. The third-order valence-corrected chi connectivity index (χ3v) is 4.66. The van der Waals surface area contributed by atoms with Crippen LogP contribution in [0.2, 0.25) is 0 Å². The zero-order valence-electron chi connectivity index (χ0n) is 9.91. The number of likely N-dealkylation sites (tertiary alicyclic amines) is 1. The predicted molar refractivity (Wildman–Crippen MR) is 74.6 cm³/mol. The number of nitrogens with zero attached hydrogens (tertiary/aromatic N) is 1. The average Bonchev–Trinajstić information content (AvgIpc) is 2.95. The Labute approximate surface area is 114 Å². The molecule has 5 heteroatoms. The Morgan fingerprint density at radius 2 is 2.29 bits per heavy atom. The normalized spacial score (nSPS) is 18.2. The smallest absolute Gasteiger partial charge is 0.252 e. The third-order valence-electron chi connectivity index (χ3n) is 3.15. The average molecular weight is 317 g/mol. The van der Waals surface area contributed by atoms with Crippen LogP contribution in [-0.4, -0.2) is 36.5 Å². The fourth-order valence-electron chi connectivity index (χ4n) is 2.08. The summed E-state index contributed by atoms with van der Waals surface area (Å²) in [4.78, 5) is 14.3. The van der Waals surface area contributed by atoms with Gasteiger partial charge in [-0.05, 0) is 54.9 Å². The van der Waals surface area contributed by atoms with Crippen molar-refractivity contribution in [3.63, 3.8) is 0 Å². The van der Waals surface area contributed by atoms with Crippen LogP contribution in [0, 0.1) is 0 Å². The van der Waals surface area contributed by atoms with Gasteiger partial charge in [0.25, 0.3) is 5.91 Å². The second-order valence-corrected chi connectivity index (χ2v) is 6.73. The number of hydrogen-bond acceptors (Lipinski definition) is 3. The Balaban J connectivity index is 1.79. The first-order valence-electron chi connectivity index (χ1n) is 5.93. The topological polar surface area (TPSA) is 32.3 Å². The van der Waals surface area contributed by atoms with Crippen LogP contribution in [-0.2, 0) is 0 Å². The van der Waals surface area contributed by atoms with Gasteiger partial charge in [-0.25, -0.2) is 0 Å². The minimum absolute atomic E-state index is 0.0259. The number of hydrogen-bond donors (Lipinski definition) is 1. The van der Waals surface area contributed by atoms with Crippen molar-refractivity contribution in [2.75, 3.05) is 19.6 Å². The van der Waals surface area contributed by atoms with Gasteiger partial charge in [-0.3, -0.25) is 9.69 Å². The van der Waals surface area contributed by atoms with Gasteiger partial charge in [-0.1, -0.05) is 0 Å². The van der Waals surface area contributed by atoms with E-state index in [1.54, 1.807) is 0 Å². The summed E-state index contributed by atoms with van der Waals surface area (Å²) >= 11 is 4.90. The molecule has 1 aliphatic heterocycles. The van der Waals surface area contributed by atoms with Gasteiger partial charge in [-0.2, -0.15) is 0 Å². The van der Waals surface area contributed by atoms with Gasteiger partial charge in [0, 0.05) is 18.0 Å². The molecule has 3 nitrogen and oxygen atoms in total. The minimum atomic E-state index is 0.0259. The van der Waals surface area contributed by atoms with Crippen molar-refractivity contribution in [3.05, 3.63) is 20.8 Å². The minimum Gasteiger partial charge on any atom is -0.350 e. The zero-order chi connectivity index (χ0) is 12.3. The van der Waals surface area contributed by atoms with Gasteiger partial charge in [0.15, 0.2) is 0 Å². The molecule has 17 heavy (non-hydrogen) atoms. The number of halogens is 1. The van der Waals surface area contributed by atoms with Gasteiger partial charge in [0.1, 0.15) is 0 Å². The molecule has 1 aromatic heterocycles. The first-order valence-corrected chi connectivity index (χ1v) is 7.60. The molecule has 0 bridgehead atoms. The van der Waals surface area contributed by atoms with E-state index >= 15 is 0 Å². The number of thiophene rings is 1. The van der Waals surface area contributed by atoms with Crippen LogP contribution >= 0.6 is 27.3 Å². The van der Waals surface area contributed by atoms with Gasteiger partial charge < -0.3 is 5.32 Å². The lowest BCUT2D eigenvalue weighted by Gasteiger charge is -2.23. The summed E-state index contributed by atoms with van der Waals surface area (Å²) in [5.41, 5.74) is 0.746. The summed E-state index contributed by atoms with van der Waals surface area (Å²) in [5.74, 6) is 0.0259. The summed E-state index contributed by atoms with van der Waals surface area (Å²) in [6.07, 6.45) is 2.57. The maximum Gasteiger partial charge on any atom is 0.252 e. The molecule has 1 unspecified atom stereocenters. The van der Waals surface area contributed by atoms with Crippen LogP contribution in [0.4, 0.5) is 0 Å². The van der Waals surface area contributed by atoms with Crippen LogP contribution < -0.4 is 5.32 Å². The number of nitrogens with one attached hydrogen (secondary N) is 1. The van der Waals surface area contributed by atoms with E-state index in [4.69, 9.17) is 0 Å². The first-order chi connectivity index (χ1) is 8.16. The fourth-order valence-corrected chi connectivity index (χ4v) is 3.22. The van der Waals surface area contributed by atoms with Gasteiger partial charge >= 0.3 is 0 Å². The summed E-state index contributed by atoms with van der Waals surface area (Å²) < 4.78 is 0.996. The molecule has 1 atom stereocenters. The van der Waals surface area contributed by atoms with E-state index in [9.17, 15) is 4.79 Å². The molecule has 1 saturated heterocycles. The molecule has 2 heterocycles. The molecule has 0 aliphatic carbocycles. The van der Waals surface area contributed by atoms with Crippen LogP contribution in [0.1, 0.15) is 30.1 Å². The van der Waals surface area contributed by atoms with Crippen molar-refractivity contribution < 1.29 is 4.79 Å². The van der Waals surface area contributed by atoms with E-state index in [-0.39, 0.29) is 5.91 Å².